The van der Waals surface area contributed by atoms with Gasteiger partial charge < -0.3 is 10.6 Å². The zero-order valence-electron chi connectivity index (χ0n) is 15.3. The third kappa shape index (κ3) is 6.84. The first-order valence-corrected chi connectivity index (χ1v) is 9.95. The molecule has 0 aliphatic heterocycles. The van der Waals surface area contributed by atoms with Crippen LogP contribution in [0, 0.1) is 13.8 Å². The Kier molecular flexibility index (Phi) is 6.70. The predicted molar refractivity (Wildman–Crippen MR) is 104 cm³/mol. The number of benzene rings is 2. The third-order valence-corrected chi connectivity index (χ3v) is 4.74. The van der Waals surface area contributed by atoms with E-state index in [0.29, 0.717) is 18.7 Å². The minimum atomic E-state index is -3.71. The van der Waals surface area contributed by atoms with Gasteiger partial charge >= 0.3 is 0 Å². The van der Waals surface area contributed by atoms with Crippen molar-refractivity contribution in [2.24, 2.45) is 5.14 Å². The van der Waals surface area contributed by atoms with Crippen molar-refractivity contribution in [3.8, 4) is 0 Å². The first kappa shape index (κ1) is 20.6. The number of carbonyl (C=O) groups is 2. The standard InChI is InChI=1S/C19H23N3O4S/c1-13-9-14(2)11-16(10-13)22-19(24)12-18(23)21-8-7-15-3-5-17(6-4-15)27(20,25)26/h3-6,9-11H,7-8,12H2,1-2H3,(H,21,23)(H,22,24)(H2,20,25,26). The van der Waals surface area contributed by atoms with E-state index in [4.69, 9.17) is 5.14 Å². The summed E-state index contributed by atoms with van der Waals surface area (Å²) in [6.07, 6.45) is 0.243. The highest BCUT2D eigenvalue weighted by Crippen LogP contribution is 2.14. The smallest absolute Gasteiger partial charge is 0.238 e. The summed E-state index contributed by atoms with van der Waals surface area (Å²) in [5.41, 5.74) is 3.58. The molecule has 0 spiro atoms. The maximum Gasteiger partial charge on any atom is 0.238 e. The number of nitrogens with two attached hydrogens (primary N) is 1. The molecule has 0 aromatic heterocycles. The Morgan fingerprint density at radius 3 is 2.11 bits per heavy atom. The number of anilines is 1. The van der Waals surface area contributed by atoms with Gasteiger partial charge in [-0.1, -0.05) is 18.2 Å². The molecule has 0 aliphatic rings. The molecule has 2 aromatic carbocycles. The molecule has 27 heavy (non-hydrogen) atoms. The number of hydrogen-bond acceptors (Lipinski definition) is 4. The first-order valence-electron chi connectivity index (χ1n) is 8.40. The predicted octanol–water partition coefficient (Wildman–Crippen LogP) is 1.64. The molecular weight excluding hydrogens is 366 g/mol. The fourth-order valence-electron chi connectivity index (χ4n) is 2.65. The van der Waals surface area contributed by atoms with Crippen molar-refractivity contribution in [2.45, 2.75) is 31.6 Å². The van der Waals surface area contributed by atoms with Gasteiger partial charge in [-0.15, -0.1) is 0 Å². The Balaban J connectivity index is 1.78. The van der Waals surface area contributed by atoms with Crippen molar-refractivity contribution in [1.29, 1.82) is 0 Å². The molecule has 0 heterocycles. The van der Waals surface area contributed by atoms with E-state index < -0.39 is 10.0 Å². The van der Waals surface area contributed by atoms with Gasteiger partial charge in [-0.25, -0.2) is 13.6 Å². The van der Waals surface area contributed by atoms with E-state index in [-0.39, 0.29) is 23.1 Å². The van der Waals surface area contributed by atoms with Crippen molar-refractivity contribution in [3.63, 3.8) is 0 Å². The summed E-state index contributed by atoms with van der Waals surface area (Å²) in [4.78, 5) is 23.9. The average Bonchev–Trinajstić information content (AvgIpc) is 2.53. The van der Waals surface area contributed by atoms with Gasteiger partial charge in [0, 0.05) is 12.2 Å². The van der Waals surface area contributed by atoms with Crippen LogP contribution < -0.4 is 15.8 Å². The second-order valence-corrected chi connectivity index (χ2v) is 7.95. The summed E-state index contributed by atoms with van der Waals surface area (Å²) in [6.45, 7) is 4.21. The van der Waals surface area contributed by atoms with Gasteiger partial charge in [0.25, 0.3) is 0 Å². The SMILES string of the molecule is Cc1cc(C)cc(NC(=O)CC(=O)NCCc2ccc(S(N)(=O)=O)cc2)c1. The van der Waals surface area contributed by atoms with Gasteiger partial charge in [-0.05, 0) is 61.2 Å². The molecule has 8 heteroatoms. The fraction of sp³-hybridized carbons (Fsp3) is 0.263. The molecule has 4 N–H and O–H groups in total. The Morgan fingerprint density at radius 2 is 1.56 bits per heavy atom. The maximum atomic E-state index is 12.0. The van der Waals surface area contributed by atoms with Crippen LogP contribution in [0.2, 0.25) is 0 Å². The van der Waals surface area contributed by atoms with Gasteiger partial charge in [-0.3, -0.25) is 9.59 Å². The summed E-state index contributed by atoms with van der Waals surface area (Å²) < 4.78 is 22.4. The van der Waals surface area contributed by atoms with E-state index in [0.717, 1.165) is 16.7 Å². The monoisotopic (exact) mass is 389 g/mol. The number of hydrogen-bond donors (Lipinski definition) is 3. The highest BCUT2D eigenvalue weighted by atomic mass is 32.2. The molecule has 2 aromatic rings. The molecular formula is C19H23N3O4S. The fourth-order valence-corrected chi connectivity index (χ4v) is 3.17. The molecule has 0 atom stereocenters. The topological polar surface area (TPSA) is 118 Å². The summed E-state index contributed by atoms with van der Waals surface area (Å²) in [7, 11) is -3.71. The van der Waals surface area contributed by atoms with Crippen molar-refractivity contribution in [2.75, 3.05) is 11.9 Å². The first-order chi connectivity index (χ1) is 12.6. The molecule has 2 amide bonds. The highest BCUT2D eigenvalue weighted by molar-refractivity contribution is 7.89. The van der Waals surface area contributed by atoms with Gasteiger partial charge in [0.05, 0.1) is 4.90 Å². The summed E-state index contributed by atoms with van der Waals surface area (Å²) >= 11 is 0. The molecule has 0 bridgehead atoms. The largest absolute Gasteiger partial charge is 0.355 e. The lowest BCUT2D eigenvalue weighted by molar-refractivity contribution is -0.126. The molecule has 144 valence electrons. The lowest BCUT2D eigenvalue weighted by atomic mass is 10.1. The van der Waals surface area contributed by atoms with Gasteiger partial charge in [0.1, 0.15) is 6.42 Å². The number of primary sulfonamides is 1. The van der Waals surface area contributed by atoms with Crippen LogP contribution in [0.4, 0.5) is 5.69 Å². The highest BCUT2D eigenvalue weighted by Gasteiger charge is 2.10. The normalized spacial score (nSPS) is 11.1. The lowest BCUT2D eigenvalue weighted by Gasteiger charge is -2.08. The van der Waals surface area contributed by atoms with E-state index in [1.54, 1.807) is 12.1 Å². The van der Waals surface area contributed by atoms with Crippen LogP contribution in [0.25, 0.3) is 0 Å². The van der Waals surface area contributed by atoms with Crippen molar-refractivity contribution in [1.82, 2.24) is 5.32 Å². The molecule has 0 fully saturated rings. The summed E-state index contributed by atoms with van der Waals surface area (Å²) in [5.74, 6) is -0.756. The van der Waals surface area contributed by atoms with Gasteiger partial charge in [-0.2, -0.15) is 0 Å². The number of amides is 2. The zero-order chi connectivity index (χ0) is 20.0. The van der Waals surface area contributed by atoms with E-state index in [1.807, 2.05) is 32.0 Å². The second kappa shape index (κ2) is 8.79. The zero-order valence-corrected chi connectivity index (χ0v) is 16.1. The van der Waals surface area contributed by atoms with Crippen molar-refractivity contribution >= 4 is 27.5 Å². The molecule has 0 saturated carbocycles. The summed E-state index contributed by atoms with van der Waals surface area (Å²) in [6, 6.07) is 11.8. The van der Waals surface area contributed by atoms with Crippen LogP contribution in [0.5, 0.6) is 0 Å². The van der Waals surface area contributed by atoms with Crippen LogP contribution in [0.3, 0.4) is 0 Å². The number of nitrogens with one attached hydrogen (secondary N) is 2. The number of carbonyl (C=O) groups excluding carboxylic acids is 2. The van der Waals surface area contributed by atoms with E-state index >= 15 is 0 Å². The molecule has 2 rings (SSSR count). The number of sulfonamides is 1. The molecule has 0 aliphatic carbocycles. The third-order valence-electron chi connectivity index (χ3n) is 3.81. The summed E-state index contributed by atoms with van der Waals surface area (Å²) in [5, 5.41) is 10.4. The molecule has 0 radical (unpaired) electrons. The van der Waals surface area contributed by atoms with Crippen LogP contribution in [-0.4, -0.2) is 26.8 Å². The lowest BCUT2D eigenvalue weighted by Crippen LogP contribution is -2.29. The van der Waals surface area contributed by atoms with Crippen LogP contribution in [0.15, 0.2) is 47.4 Å². The minimum Gasteiger partial charge on any atom is -0.355 e. The quantitative estimate of drug-likeness (QED) is 0.624. The van der Waals surface area contributed by atoms with E-state index in [2.05, 4.69) is 10.6 Å². The maximum absolute atomic E-state index is 12.0. The molecule has 7 nitrogen and oxygen atoms in total. The van der Waals surface area contributed by atoms with E-state index in [1.165, 1.54) is 12.1 Å². The minimum absolute atomic E-state index is 0.0401. The molecule has 0 saturated heterocycles. The number of rotatable bonds is 7. The van der Waals surface area contributed by atoms with E-state index in [9.17, 15) is 18.0 Å². The Morgan fingerprint density at radius 1 is 0.963 bits per heavy atom. The Bertz CT molecular complexity index is 918. The number of aryl methyl sites for hydroxylation is 2. The Hall–Kier alpha value is -2.71. The van der Waals surface area contributed by atoms with Crippen molar-refractivity contribution < 1.29 is 18.0 Å². The van der Waals surface area contributed by atoms with Gasteiger partial charge in [0.2, 0.25) is 21.8 Å². The van der Waals surface area contributed by atoms with Gasteiger partial charge in [0.15, 0.2) is 0 Å². The van der Waals surface area contributed by atoms with Crippen LogP contribution in [0.1, 0.15) is 23.1 Å². The average molecular weight is 389 g/mol. The molecule has 0 unspecified atom stereocenters. The van der Waals surface area contributed by atoms with Crippen molar-refractivity contribution in [3.05, 3.63) is 59.2 Å². The Labute approximate surface area is 159 Å². The van der Waals surface area contributed by atoms with Crippen LogP contribution >= 0.6 is 0 Å². The van der Waals surface area contributed by atoms with Crippen LogP contribution in [-0.2, 0) is 26.0 Å². The second-order valence-electron chi connectivity index (χ2n) is 6.39.